The maximum absolute atomic E-state index is 11.4. The highest BCUT2D eigenvalue weighted by Gasteiger charge is 2.41. The highest BCUT2D eigenvalue weighted by molar-refractivity contribution is 5.75. The van der Waals surface area contributed by atoms with Crippen LogP contribution in [0.15, 0.2) is 0 Å². The van der Waals surface area contributed by atoms with Gasteiger partial charge < -0.3 is 9.64 Å². The first-order chi connectivity index (χ1) is 7.43. The molecule has 0 aromatic carbocycles. The van der Waals surface area contributed by atoms with Gasteiger partial charge in [0.2, 0.25) is 0 Å². The molecule has 0 amide bonds. The van der Waals surface area contributed by atoms with Crippen molar-refractivity contribution in [3.8, 4) is 0 Å². The molecule has 1 saturated carbocycles. The van der Waals surface area contributed by atoms with Crippen molar-refractivity contribution in [2.45, 2.75) is 37.8 Å². The minimum atomic E-state index is -0.164. The van der Waals surface area contributed by atoms with Crippen molar-refractivity contribution in [2.75, 3.05) is 34.8 Å². The van der Waals surface area contributed by atoms with Crippen LogP contribution in [-0.2, 0) is 9.53 Å². The normalized spacial score (nSPS) is 20.7. The van der Waals surface area contributed by atoms with Crippen molar-refractivity contribution in [1.29, 1.82) is 0 Å². The van der Waals surface area contributed by atoms with E-state index in [1.54, 1.807) is 0 Å². The number of carbonyl (C=O) groups excluding carboxylic acids is 1. The fraction of sp³-hybridized carbons (Fsp3) is 0.917. The molecule has 4 nitrogen and oxygen atoms in total. The zero-order valence-corrected chi connectivity index (χ0v) is 11.1. The Morgan fingerprint density at radius 1 is 1.38 bits per heavy atom. The number of ether oxygens (including phenoxy) is 1. The largest absolute Gasteiger partial charge is 0.468 e. The van der Waals surface area contributed by atoms with Gasteiger partial charge in [-0.05, 0) is 47.3 Å². The van der Waals surface area contributed by atoms with Gasteiger partial charge >= 0.3 is 5.97 Å². The van der Waals surface area contributed by atoms with Crippen LogP contribution in [-0.4, -0.2) is 62.1 Å². The molecule has 1 atom stereocenters. The van der Waals surface area contributed by atoms with Crippen LogP contribution in [0, 0.1) is 0 Å². The van der Waals surface area contributed by atoms with E-state index in [9.17, 15) is 4.79 Å². The molecule has 94 valence electrons. The summed E-state index contributed by atoms with van der Waals surface area (Å²) in [5.41, 5.74) is 0.261. The molecule has 0 aromatic heterocycles. The molecule has 0 spiro atoms. The van der Waals surface area contributed by atoms with Crippen LogP contribution >= 0.6 is 0 Å². The van der Waals surface area contributed by atoms with E-state index in [-0.39, 0.29) is 17.6 Å². The molecule has 0 aliphatic heterocycles. The van der Waals surface area contributed by atoms with Crippen LogP contribution in [0.1, 0.15) is 26.2 Å². The van der Waals surface area contributed by atoms with Crippen LogP contribution in [0.5, 0.6) is 0 Å². The first kappa shape index (κ1) is 13.5. The fourth-order valence-corrected chi connectivity index (χ4v) is 2.28. The number of methoxy groups -OCH3 is 1. The van der Waals surface area contributed by atoms with Gasteiger partial charge in [-0.3, -0.25) is 9.69 Å². The molecule has 4 heteroatoms. The fourth-order valence-electron chi connectivity index (χ4n) is 2.28. The smallest absolute Gasteiger partial charge is 0.322 e. The first-order valence-corrected chi connectivity index (χ1v) is 5.88. The molecule has 0 heterocycles. The van der Waals surface area contributed by atoms with Crippen molar-refractivity contribution in [3.63, 3.8) is 0 Å². The van der Waals surface area contributed by atoms with E-state index in [2.05, 4.69) is 23.9 Å². The summed E-state index contributed by atoms with van der Waals surface area (Å²) in [4.78, 5) is 15.8. The molecular weight excluding hydrogens is 204 g/mol. The SMILES string of the molecule is COC(=O)C(C)N(C)CC1(N(C)C)CCC1. The summed E-state index contributed by atoms with van der Waals surface area (Å²) in [5, 5.41) is 0. The molecule has 1 unspecified atom stereocenters. The Kier molecular flexibility index (Phi) is 4.33. The standard InChI is InChI=1S/C12H24N2O2/c1-10(11(15)16-5)14(4)9-12(13(2)3)7-6-8-12/h10H,6-9H2,1-5H3. The highest BCUT2D eigenvalue weighted by Crippen LogP contribution is 2.36. The van der Waals surface area contributed by atoms with Crippen LogP contribution in [0.4, 0.5) is 0 Å². The zero-order valence-electron chi connectivity index (χ0n) is 11.1. The minimum absolute atomic E-state index is 0.157. The topological polar surface area (TPSA) is 32.8 Å². The number of likely N-dealkylation sites (N-methyl/N-ethyl adjacent to an activating group) is 2. The molecule has 1 aliphatic rings. The van der Waals surface area contributed by atoms with Gasteiger partial charge in [-0.2, -0.15) is 0 Å². The summed E-state index contributed by atoms with van der Waals surface area (Å²) in [6, 6.07) is -0.164. The second-order valence-corrected chi connectivity index (χ2v) is 5.09. The van der Waals surface area contributed by atoms with E-state index >= 15 is 0 Å². The van der Waals surface area contributed by atoms with Crippen molar-refractivity contribution in [1.82, 2.24) is 9.80 Å². The third-order valence-corrected chi connectivity index (χ3v) is 3.98. The summed E-state index contributed by atoms with van der Waals surface area (Å²) < 4.78 is 4.77. The molecule has 0 N–H and O–H groups in total. The van der Waals surface area contributed by atoms with Crippen molar-refractivity contribution < 1.29 is 9.53 Å². The summed E-state index contributed by atoms with van der Waals surface area (Å²) in [6.45, 7) is 2.82. The molecule has 0 saturated heterocycles. The molecule has 0 bridgehead atoms. The van der Waals surface area contributed by atoms with Crippen molar-refractivity contribution in [3.05, 3.63) is 0 Å². The predicted octanol–water partition coefficient (Wildman–Crippen LogP) is 0.964. The molecule has 16 heavy (non-hydrogen) atoms. The second kappa shape index (κ2) is 5.15. The lowest BCUT2D eigenvalue weighted by Gasteiger charge is -2.49. The second-order valence-electron chi connectivity index (χ2n) is 5.09. The number of hydrogen-bond acceptors (Lipinski definition) is 4. The van der Waals surface area contributed by atoms with Crippen molar-refractivity contribution >= 4 is 5.97 Å². The zero-order chi connectivity index (χ0) is 12.3. The van der Waals surface area contributed by atoms with Gasteiger partial charge in [-0.1, -0.05) is 0 Å². The third kappa shape index (κ3) is 2.55. The maximum atomic E-state index is 11.4. The number of esters is 1. The maximum Gasteiger partial charge on any atom is 0.322 e. The molecule has 0 aromatic rings. The average molecular weight is 228 g/mol. The molecule has 1 fully saturated rings. The molecule has 0 radical (unpaired) electrons. The van der Waals surface area contributed by atoms with Crippen LogP contribution in [0.25, 0.3) is 0 Å². The Labute approximate surface area is 98.5 Å². The van der Waals surface area contributed by atoms with E-state index in [1.165, 1.54) is 26.4 Å². The Balaban J connectivity index is 2.55. The van der Waals surface area contributed by atoms with Gasteiger partial charge in [0.05, 0.1) is 7.11 Å². The Hall–Kier alpha value is -0.610. The monoisotopic (exact) mass is 228 g/mol. The highest BCUT2D eigenvalue weighted by atomic mass is 16.5. The molecule has 1 rings (SSSR count). The average Bonchev–Trinajstić information content (AvgIpc) is 2.20. The van der Waals surface area contributed by atoms with Crippen LogP contribution in [0.2, 0.25) is 0 Å². The van der Waals surface area contributed by atoms with Gasteiger partial charge in [-0.15, -0.1) is 0 Å². The third-order valence-electron chi connectivity index (χ3n) is 3.98. The first-order valence-electron chi connectivity index (χ1n) is 5.88. The summed E-state index contributed by atoms with van der Waals surface area (Å²) >= 11 is 0. The van der Waals surface area contributed by atoms with Gasteiger partial charge in [0, 0.05) is 12.1 Å². The Bertz CT molecular complexity index is 249. The van der Waals surface area contributed by atoms with Crippen LogP contribution < -0.4 is 0 Å². The van der Waals surface area contributed by atoms with E-state index in [0.717, 1.165) is 6.54 Å². The summed E-state index contributed by atoms with van der Waals surface area (Å²) in [5.74, 6) is -0.157. The van der Waals surface area contributed by atoms with E-state index in [0.29, 0.717) is 0 Å². The van der Waals surface area contributed by atoms with E-state index in [4.69, 9.17) is 4.74 Å². The number of hydrogen-bond donors (Lipinski definition) is 0. The quantitative estimate of drug-likeness (QED) is 0.656. The van der Waals surface area contributed by atoms with E-state index < -0.39 is 0 Å². The molecule has 1 aliphatic carbocycles. The number of rotatable bonds is 5. The van der Waals surface area contributed by atoms with Gasteiger partial charge in [0.25, 0.3) is 0 Å². The lowest BCUT2D eigenvalue weighted by molar-refractivity contribution is -0.146. The lowest BCUT2D eigenvalue weighted by atomic mass is 9.75. The lowest BCUT2D eigenvalue weighted by Crippen LogP contribution is -2.58. The Morgan fingerprint density at radius 3 is 2.25 bits per heavy atom. The van der Waals surface area contributed by atoms with E-state index in [1.807, 2.05) is 14.0 Å². The number of carbonyl (C=O) groups is 1. The molecular formula is C12H24N2O2. The van der Waals surface area contributed by atoms with Gasteiger partial charge in [0.15, 0.2) is 0 Å². The number of nitrogens with zero attached hydrogens (tertiary/aromatic N) is 2. The summed E-state index contributed by atoms with van der Waals surface area (Å²) in [7, 11) is 7.68. The predicted molar refractivity (Wildman–Crippen MR) is 64.4 cm³/mol. The van der Waals surface area contributed by atoms with Gasteiger partial charge in [0.1, 0.15) is 6.04 Å². The van der Waals surface area contributed by atoms with Crippen LogP contribution in [0.3, 0.4) is 0 Å². The van der Waals surface area contributed by atoms with Crippen molar-refractivity contribution in [2.24, 2.45) is 0 Å². The van der Waals surface area contributed by atoms with Gasteiger partial charge in [-0.25, -0.2) is 0 Å². The summed E-state index contributed by atoms with van der Waals surface area (Å²) in [6.07, 6.45) is 3.73. The Morgan fingerprint density at radius 2 is 1.94 bits per heavy atom. The minimum Gasteiger partial charge on any atom is -0.468 e.